The molecule has 1 aromatic carbocycles. The minimum Gasteiger partial charge on any atom is -0.330 e. The fourth-order valence-corrected chi connectivity index (χ4v) is 2.70. The van der Waals surface area contributed by atoms with E-state index in [9.17, 15) is 4.39 Å². The summed E-state index contributed by atoms with van der Waals surface area (Å²) in [6.45, 7) is 0.541. The Labute approximate surface area is 105 Å². The molecule has 0 saturated carbocycles. The van der Waals surface area contributed by atoms with Gasteiger partial charge < -0.3 is 5.73 Å². The van der Waals surface area contributed by atoms with E-state index in [2.05, 4.69) is 26.1 Å². The number of rotatable bonds is 3. The van der Waals surface area contributed by atoms with Crippen molar-refractivity contribution >= 4 is 27.3 Å². The third-order valence-corrected chi connectivity index (χ3v) is 3.69. The van der Waals surface area contributed by atoms with E-state index in [-0.39, 0.29) is 5.82 Å². The van der Waals surface area contributed by atoms with Gasteiger partial charge in [0.15, 0.2) is 0 Å². The number of nitrogens with zero attached hydrogens (tertiary/aromatic N) is 2. The molecule has 0 aliphatic carbocycles. The summed E-state index contributed by atoms with van der Waals surface area (Å²) in [5.74, 6) is -0.284. The lowest BCUT2D eigenvalue weighted by atomic mass is 10.2. The summed E-state index contributed by atoms with van der Waals surface area (Å²) in [7, 11) is 0. The predicted octanol–water partition coefficient (Wildman–Crippen LogP) is 2.61. The van der Waals surface area contributed by atoms with Gasteiger partial charge in [0.25, 0.3) is 0 Å². The zero-order chi connectivity index (χ0) is 11.5. The molecule has 0 amide bonds. The summed E-state index contributed by atoms with van der Waals surface area (Å²) in [5, 5.41) is 9.59. The van der Waals surface area contributed by atoms with E-state index in [1.54, 1.807) is 6.07 Å². The van der Waals surface area contributed by atoms with Crippen molar-refractivity contribution in [1.82, 2.24) is 10.2 Å². The zero-order valence-corrected chi connectivity index (χ0v) is 10.7. The maximum absolute atomic E-state index is 13.1. The molecule has 1 aromatic heterocycles. The molecule has 0 fully saturated rings. The molecule has 0 atom stereocenters. The van der Waals surface area contributed by atoms with Crippen LogP contribution in [-0.4, -0.2) is 16.7 Å². The van der Waals surface area contributed by atoms with Gasteiger partial charge in [-0.15, -0.1) is 10.2 Å². The third kappa shape index (κ3) is 2.45. The van der Waals surface area contributed by atoms with E-state index in [4.69, 9.17) is 5.73 Å². The van der Waals surface area contributed by atoms with Crippen LogP contribution in [-0.2, 0) is 6.42 Å². The Balaban J connectivity index is 2.38. The van der Waals surface area contributed by atoms with Crippen LogP contribution in [0.5, 0.6) is 0 Å². The summed E-state index contributed by atoms with van der Waals surface area (Å²) in [6.07, 6.45) is 0.699. The van der Waals surface area contributed by atoms with E-state index in [1.807, 2.05) is 0 Å². The number of halogens is 2. The highest BCUT2D eigenvalue weighted by Crippen LogP contribution is 2.31. The van der Waals surface area contributed by atoms with Gasteiger partial charge in [0, 0.05) is 16.5 Å². The minimum atomic E-state index is -0.284. The molecule has 0 saturated heterocycles. The van der Waals surface area contributed by atoms with Crippen molar-refractivity contribution in [3.63, 3.8) is 0 Å². The van der Waals surface area contributed by atoms with Crippen molar-refractivity contribution in [1.29, 1.82) is 0 Å². The van der Waals surface area contributed by atoms with Crippen LogP contribution in [0.3, 0.4) is 0 Å². The van der Waals surface area contributed by atoms with Crippen LogP contribution >= 0.6 is 27.3 Å². The molecule has 3 nitrogen and oxygen atoms in total. The van der Waals surface area contributed by atoms with Crippen molar-refractivity contribution in [3.05, 3.63) is 33.5 Å². The van der Waals surface area contributed by atoms with Crippen LogP contribution in [0.25, 0.3) is 10.6 Å². The first-order valence-electron chi connectivity index (χ1n) is 4.68. The summed E-state index contributed by atoms with van der Waals surface area (Å²) >= 11 is 4.80. The Morgan fingerprint density at radius 3 is 2.94 bits per heavy atom. The Bertz CT molecular complexity index is 501. The molecule has 2 N–H and O–H groups in total. The summed E-state index contributed by atoms with van der Waals surface area (Å²) < 4.78 is 13.9. The zero-order valence-electron chi connectivity index (χ0n) is 8.28. The van der Waals surface area contributed by atoms with Gasteiger partial charge in [-0.2, -0.15) is 0 Å². The van der Waals surface area contributed by atoms with Crippen molar-refractivity contribution < 1.29 is 4.39 Å². The van der Waals surface area contributed by atoms with Crippen molar-refractivity contribution in [3.8, 4) is 10.6 Å². The Kier molecular flexibility index (Phi) is 3.63. The average Bonchev–Trinajstić information content (AvgIpc) is 2.71. The fraction of sp³-hybridized carbons (Fsp3) is 0.200. The molecule has 0 aliphatic heterocycles. The van der Waals surface area contributed by atoms with E-state index in [1.165, 1.54) is 23.5 Å². The highest BCUT2D eigenvalue weighted by atomic mass is 79.9. The standard InChI is InChI=1S/C10H9BrFN3S/c11-8-2-1-6(12)5-7(8)10-15-14-9(16-10)3-4-13/h1-2,5H,3-4,13H2. The number of benzene rings is 1. The van der Waals surface area contributed by atoms with Gasteiger partial charge in [0.05, 0.1) is 0 Å². The fourth-order valence-electron chi connectivity index (χ4n) is 1.25. The monoisotopic (exact) mass is 301 g/mol. The van der Waals surface area contributed by atoms with E-state index in [0.717, 1.165) is 15.0 Å². The lowest BCUT2D eigenvalue weighted by molar-refractivity contribution is 0.628. The molecular weight excluding hydrogens is 293 g/mol. The molecule has 16 heavy (non-hydrogen) atoms. The second-order valence-electron chi connectivity index (χ2n) is 3.16. The lowest BCUT2D eigenvalue weighted by Crippen LogP contribution is -2.01. The van der Waals surface area contributed by atoms with Crippen LogP contribution in [0.2, 0.25) is 0 Å². The van der Waals surface area contributed by atoms with Crippen molar-refractivity contribution in [2.45, 2.75) is 6.42 Å². The SMILES string of the molecule is NCCc1nnc(-c2cc(F)ccc2Br)s1. The molecule has 84 valence electrons. The van der Waals surface area contributed by atoms with Crippen LogP contribution < -0.4 is 5.73 Å². The summed E-state index contributed by atoms with van der Waals surface area (Å²) in [4.78, 5) is 0. The molecule has 1 heterocycles. The van der Waals surface area contributed by atoms with E-state index >= 15 is 0 Å². The van der Waals surface area contributed by atoms with Gasteiger partial charge in [0.1, 0.15) is 15.8 Å². The second kappa shape index (κ2) is 4.99. The highest BCUT2D eigenvalue weighted by molar-refractivity contribution is 9.10. The quantitative estimate of drug-likeness (QED) is 0.948. The molecule has 0 radical (unpaired) electrons. The van der Waals surface area contributed by atoms with Crippen molar-refractivity contribution in [2.75, 3.05) is 6.54 Å². The van der Waals surface area contributed by atoms with E-state index in [0.29, 0.717) is 18.0 Å². The van der Waals surface area contributed by atoms with E-state index < -0.39 is 0 Å². The lowest BCUT2D eigenvalue weighted by Gasteiger charge is -1.99. The predicted molar refractivity (Wildman–Crippen MR) is 65.8 cm³/mol. The molecule has 2 rings (SSSR count). The molecule has 0 spiro atoms. The molecule has 6 heteroatoms. The van der Waals surface area contributed by atoms with Gasteiger partial charge in [-0.25, -0.2) is 4.39 Å². The first-order chi connectivity index (χ1) is 7.70. The van der Waals surface area contributed by atoms with Crippen LogP contribution in [0.15, 0.2) is 22.7 Å². The summed E-state index contributed by atoms with van der Waals surface area (Å²) in [6, 6.07) is 4.50. The molecule has 0 aliphatic rings. The van der Waals surface area contributed by atoms with Crippen LogP contribution in [0, 0.1) is 5.82 Å². The highest BCUT2D eigenvalue weighted by Gasteiger charge is 2.10. The second-order valence-corrected chi connectivity index (χ2v) is 5.08. The van der Waals surface area contributed by atoms with Crippen LogP contribution in [0.1, 0.15) is 5.01 Å². The maximum atomic E-state index is 13.1. The normalized spacial score (nSPS) is 10.7. The van der Waals surface area contributed by atoms with Gasteiger partial charge in [-0.3, -0.25) is 0 Å². The smallest absolute Gasteiger partial charge is 0.149 e. The maximum Gasteiger partial charge on any atom is 0.149 e. The first-order valence-corrected chi connectivity index (χ1v) is 6.29. The number of hydrogen-bond donors (Lipinski definition) is 1. The van der Waals surface area contributed by atoms with Gasteiger partial charge in [0.2, 0.25) is 0 Å². The summed E-state index contributed by atoms with van der Waals surface area (Å²) in [5.41, 5.74) is 6.16. The van der Waals surface area contributed by atoms with Gasteiger partial charge in [-0.05, 0) is 24.7 Å². The third-order valence-electron chi connectivity index (χ3n) is 1.98. The average molecular weight is 302 g/mol. The number of aromatic nitrogens is 2. The Morgan fingerprint density at radius 1 is 1.38 bits per heavy atom. The minimum absolute atomic E-state index is 0.284. The molecule has 0 unspecified atom stereocenters. The number of nitrogens with two attached hydrogens (primary N) is 1. The Hall–Kier alpha value is -0.850. The Morgan fingerprint density at radius 2 is 2.19 bits per heavy atom. The number of hydrogen-bond acceptors (Lipinski definition) is 4. The van der Waals surface area contributed by atoms with Gasteiger partial charge in [-0.1, -0.05) is 27.3 Å². The van der Waals surface area contributed by atoms with Crippen molar-refractivity contribution in [2.24, 2.45) is 5.73 Å². The van der Waals surface area contributed by atoms with Crippen LogP contribution in [0.4, 0.5) is 4.39 Å². The first kappa shape index (κ1) is 11.6. The molecular formula is C10H9BrFN3S. The van der Waals surface area contributed by atoms with Gasteiger partial charge >= 0.3 is 0 Å². The molecule has 0 bridgehead atoms. The largest absolute Gasteiger partial charge is 0.330 e. The molecule has 2 aromatic rings. The topological polar surface area (TPSA) is 51.8 Å².